The summed E-state index contributed by atoms with van der Waals surface area (Å²) in [6.45, 7) is 4.47. The van der Waals surface area contributed by atoms with Gasteiger partial charge in [0.1, 0.15) is 23.6 Å². The van der Waals surface area contributed by atoms with Crippen molar-refractivity contribution in [3.63, 3.8) is 0 Å². The van der Waals surface area contributed by atoms with Crippen LogP contribution in [0.1, 0.15) is 17.6 Å². The number of anilines is 1. The quantitative estimate of drug-likeness (QED) is 0.616. The summed E-state index contributed by atoms with van der Waals surface area (Å²) in [5.74, 6) is 2.53. The Morgan fingerprint density at radius 2 is 1.94 bits per heavy atom. The molecule has 0 aliphatic carbocycles. The first-order chi connectivity index (χ1) is 15.0. The van der Waals surface area contributed by atoms with Crippen LogP contribution in [0, 0.1) is 6.92 Å². The van der Waals surface area contributed by atoms with E-state index in [0.29, 0.717) is 52.6 Å². The van der Waals surface area contributed by atoms with Crippen LogP contribution in [-0.4, -0.2) is 52.8 Å². The number of nitrogens with two attached hydrogens (primary N) is 1. The van der Waals surface area contributed by atoms with Crippen molar-refractivity contribution in [3.05, 3.63) is 53.1 Å². The van der Waals surface area contributed by atoms with Gasteiger partial charge in [-0.25, -0.2) is 19.3 Å². The fourth-order valence-electron chi connectivity index (χ4n) is 3.18. The van der Waals surface area contributed by atoms with Crippen molar-refractivity contribution in [2.75, 3.05) is 37.7 Å². The normalized spacial score (nSPS) is 15.0. The predicted molar refractivity (Wildman–Crippen MR) is 115 cm³/mol. The number of hydrogen-bond donors (Lipinski definition) is 1. The van der Waals surface area contributed by atoms with Crippen LogP contribution in [0.15, 0.2) is 36.7 Å². The lowest BCUT2D eigenvalue weighted by molar-refractivity contribution is 0.122. The molecule has 4 rings (SSSR count). The first-order valence-corrected chi connectivity index (χ1v) is 10.2. The molecule has 1 unspecified atom stereocenters. The number of alkyl halides is 1. The summed E-state index contributed by atoms with van der Waals surface area (Å²) in [4.78, 5) is 19.6. The highest BCUT2D eigenvalue weighted by molar-refractivity contribution is 6.30. The third kappa shape index (κ3) is 5.07. The highest BCUT2D eigenvalue weighted by atomic mass is 35.5. The molecule has 0 amide bonds. The number of aryl methyl sites for hydroxylation is 1. The van der Waals surface area contributed by atoms with Crippen molar-refractivity contribution in [3.8, 4) is 23.0 Å². The molecule has 1 aliphatic heterocycles. The Balaban J connectivity index is 1.65. The largest absolute Gasteiger partial charge is 0.438 e. The van der Waals surface area contributed by atoms with E-state index in [0.717, 1.165) is 18.9 Å². The number of morpholine rings is 1. The van der Waals surface area contributed by atoms with Gasteiger partial charge in [-0.05, 0) is 19.1 Å². The predicted octanol–water partition coefficient (Wildman–Crippen LogP) is 3.49. The smallest absolute Gasteiger partial charge is 0.224 e. The average Bonchev–Trinajstić information content (AvgIpc) is 2.79. The standard InChI is InChI=1S/C21H22ClFN6O2/c1-13-27-19(29-4-6-30-7-5-29)9-20(28-13)31-18-8-15(22)2-3-16(18)21-25-11-14(12-26-21)17(23)10-24/h2-3,8-9,11-12,17H,4-7,10,24H2,1H3. The lowest BCUT2D eigenvalue weighted by Crippen LogP contribution is -2.36. The Morgan fingerprint density at radius 3 is 2.65 bits per heavy atom. The maximum atomic E-state index is 13.8. The minimum atomic E-state index is -1.31. The van der Waals surface area contributed by atoms with Gasteiger partial charge >= 0.3 is 0 Å². The second kappa shape index (κ2) is 9.51. The summed E-state index contributed by atoms with van der Waals surface area (Å²) in [7, 11) is 0. The summed E-state index contributed by atoms with van der Waals surface area (Å²) in [6.07, 6.45) is 1.53. The van der Waals surface area contributed by atoms with Crippen molar-refractivity contribution in [2.45, 2.75) is 13.1 Å². The highest BCUT2D eigenvalue weighted by Gasteiger charge is 2.17. The molecule has 0 bridgehead atoms. The lowest BCUT2D eigenvalue weighted by Gasteiger charge is -2.28. The van der Waals surface area contributed by atoms with Crippen molar-refractivity contribution in [1.82, 2.24) is 19.9 Å². The van der Waals surface area contributed by atoms with Gasteiger partial charge in [-0.15, -0.1) is 0 Å². The molecule has 3 heterocycles. The van der Waals surface area contributed by atoms with Crippen LogP contribution in [-0.2, 0) is 4.74 Å². The number of hydrogen-bond acceptors (Lipinski definition) is 8. The number of nitrogens with zero attached hydrogens (tertiary/aromatic N) is 5. The molecule has 1 atom stereocenters. The van der Waals surface area contributed by atoms with E-state index < -0.39 is 6.17 Å². The Bertz CT molecular complexity index is 1050. The number of rotatable bonds is 6. The summed E-state index contributed by atoms with van der Waals surface area (Å²) in [5, 5.41) is 0.488. The maximum absolute atomic E-state index is 13.8. The second-order valence-electron chi connectivity index (χ2n) is 7.00. The van der Waals surface area contributed by atoms with E-state index in [9.17, 15) is 4.39 Å². The van der Waals surface area contributed by atoms with E-state index in [1.54, 1.807) is 24.3 Å². The van der Waals surface area contributed by atoms with Crippen LogP contribution in [0.5, 0.6) is 11.6 Å². The number of benzene rings is 1. The lowest BCUT2D eigenvalue weighted by atomic mass is 10.1. The average molecular weight is 445 g/mol. The van der Waals surface area contributed by atoms with Crippen LogP contribution < -0.4 is 15.4 Å². The van der Waals surface area contributed by atoms with Gasteiger partial charge in [-0.3, -0.25) is 0 Å². The van der Waals surface area contributed by atoms with E-state index in [1.165, 1.54) is 12.4 Å². The molecule has 1 aromatic carbocycles. The molecule has 2 N–H and O–H groups in total. The van der Waals surface area contributed by atoms with Crippen LogP contribution >= 0.6 is 11.6 Å². The Labute approximate surface area is 184 Å². The van der Waals surface area contributed by atoms with Crippen LogP contribution in [0.3, 0.4) is 0 Å². The Morgan fingerprint density at radius 1 is 1.19 bits per heavy atom. The molecule has 162 valence electrons. The number of halogens is 2. The minimum Gasteiger partial charge on any atom is -0.438 e. The van der Waals surface area contributed by atoms with E-state index in [-0.39, 0.29) is 6.54 Å². The Kier molecular flexibility index (Phi) is 6.55. The van der Waals surface area contributed by atoms with Gasteiger partial charge in [0.25, 0.3) is 0 Å². The molecule has 1 aliphatic rings. The van der Waals surface area contributed by atoms with Gasteiger partial charge < -0.3 is 20.1 Å². The summed E-state index contributed by atoms with van der Waals surface area (Å²) >= 11 is 6.20. The fraction of sp³-hybridized carbons (Fsp3) is 0.333. The molecule has 0 radical (unpaired) electrons. The zero-order chi connectivity index (χ0) is 21.8. The molecule has 31 heavy (non-hydrogen) atoms. The summed E-state index contributed by atoms with van der Waals surface area (Å²) in [6, 6.07) is 6.91. The maximum Gasteiger partial charge on any atom is 0.224 e. The third-order valence-corrected chi connectivity index (χ3v) is 5.01. The molecule has 3 aromatic rings. The molecule has 1 fully saturated rings. The van der Waals surface area contributed by atoms with E-state index in [4.69, 9.17) is 26.8 Å². The molecular weight excluding hydrogens is 423 g/mol. The van der Waals surface area contributed by atoms with Crippen LogP contribution in [0.2, 0.25) is 5.02 Å². The molecule has 0 saturated carbocycles. The van der Waals surface area contributed by atoms with Gasteiger partial charge in [0.2, 0.25) is 5.88 Å². The second-order valence-corrected chi connectivity index (χ2v) is 7.43. The van der Waals surface area contributed by atoms with Gasteiger partial charge in [0, 0.05) is 54.7 Å². The van der Waals surface area contributed by atoms with Crippen LogP contribution in [0.25, 0.3) is 11.4 Å². The molecule has 10 heteroatoms. The fourth-order valence-corrected chi connectivity index (χ4v) is 3.35. The molecule has 0 spiro atoms. The van der Waals surface area contributed by atoms with Crippen molar-refractivity contribution < 1.29 is 13.9 Å². The van der Waals surface area contributed by atoms with Gasteiger partial charge in [-0.2, -0.15) is 4.98 Å². The first kappa shape index (κ1) is 21.4. The molecule has 8 nitrogen and oxygen atoms in total. The van der Waals surface area contributed by atoms with Crippen molar-refractivity contribution in [1.29, 1.82) is 0 Å². The van der Waals surface area contributed by atoms with Gasteiger partial charge in [0.15, 0.2) is 5.82 Å². The van der Waals surface area contributed by atoms with E-state index >= 15 is 0 Å². The van der Waals surface area contributed by atoms with Crippen LogP contribution in [0.4, 0.5) is 10.2 Å². The summed E-state index contributed by atoms with van der Waals surface area (Å²) < 4.78 is 25.3. The van der Waals surface area contributed by atoms with Gasteiger partial charge in [-0.1, -0.05) is 11.6 Å². The van der Waals surface area contributed by atoms with E-state index in [1.807, 2.05) is 6.92 Å². The van der Waals surface area contributed by atoms with Gasteiger partial charge in [0.05, 0.1) is 18.8 Å². The minimum absolute atomic E-state index is 0.128. The zero-order valence-corrected chi connectivity index (χ0v) is 17.7. The van der Waals surface area contributed by atoms with Crippen molar-refractivity contribution >= 4 is 17.4 Å². The SMILES string of the molecule is Cc1nc(Oc2cc(Cl)ccc2-c2ncc(C(F)CN)cn2)cc(N2CCOCC2)n1. The number of ether oxygens (including phenoxy) is 2. The van der Waals surface area contributed by atoms with E-state index in [2.05, 4.69) is 24.8 Å². The molecule has 1 saturated heterocycles. The number of aromatic nitrogens is 4. The monoisotopic (exact) mass is 444 g/mol. The van der Waals surface area contributed by atoms with Crippen molar-refractivity contribution in [2.24, 2.45) is 5.73 Å². The molecule has 2 aromatic heterocycles. The Hall–Kier alpha value is -2.88. The third-order valence-electron chi connectivity index (χ3n) is 4.78. The topological polar surface area (TPSA) is 99.3 Å². The molecular formula is C21H22ClFN6O2. The zero-order valence-electron chi connectivity index (χ0n) is 17.0. The highest BCUT2D eigenvalue weighted by Crippen LogP contribution is 2.34. The summed E-state index contributed by atoms with van der Waals surface area (Å²) in [5.41, 5.74) is 6.29. The first-order valence-electron chi connectivity index (χ1n) is 9.85.